The van der Waals surface area contributed by atoms with Gasteiger partial charge in [-0.05, 0) is 45.0 Å². The van der Waals surface area contributed by atoms with Crippen LogP contribution in [0.5, 0.6) is 0 Å². The van der Waals surface area contributed by atoms with Crippen molar-refractivity contribution in [3.8, 4) is 0 Å². The Hall–Kier alpha value is -1.18. The molecular weight excluding hydrogens is 280 g/mol. The number of piperidine rings is 1. The van der Waals surface area contributed by atoms with Crippen LogP contribution in [-0.4, -0.2) is 45.3 Å². The van der Waals surface area contributed by atoms with Crippen LogP contribution in [0.15, 0.2) is 21.6 Å². The number of hydrogen-bond donors (Lipinski definition) is 1. The molecular formula is C13H20N2O4S. The molecule has 1 aromatic rings. The largest absolute Gasteiger partial charge is 0.440 e. The first-order valence-electron chi connectivity index (χ1n) is 6.81. The number of furan rings is 1. The van der Waals surface area contributed by atoms with Crippen LogP contribution < -0.4 is 4.72 Å². The predicted octanol–water partition coefficient (Wildman–Crippen LogP) is 1.24. The molecule has 0 bridgehead atoms. The van der Waals surface area contributed by atoms with E-state index in [0.717, 1.165) is 25.9 Å². The van der Waals surface area contributed by atoms with Crippen molar-refractivity contribution in [1.82, 2.24) is 9.62 Å². The minimum absolute atomic E-state index is 0.00875. The zero-order valence-corrected chi connectivity index (χ0v) is 12.4. The zero-order chi connectivity index (χ0) is 14.6. The molecule has 0 radical (unpaired) electrons. The van der Waals surface area contributed by atoms with Crippen LogP contribution in [0, 0.1) is 0 Å². The summed E-state index contributed by atoms with van der Waals surface area (Å²) >= 11 is 0. The van der Waals surface area contributed by atoms with Gasteiger partial charge in [0.1, 0.15) is 0 Å². The Morgan fingerprint density at radius 2 is 2.05 bits per heavy atom. The number of aldehydes is 1. The maximum absolute atomic E-state index is 12.0. The summed E-state index contributed by atoms with van der Waals surface area (Å²) in [5, 5.41) is -0.217. The highest BCUT2D eigenvalue weighted by molar-refractivity contribution is 7.89. The number of likely N-dealkylation sites (tertiary alicyclic amines) is 1. The van der Waals surface area contributed by atoms with Gasteiger partial charge in [-0.3, -0.25) is 9.69 Å². The Balaban J connectivity index is 1.92. The molecule has 2 rings (SSSR count). The minimum Gasteiger partial charge on any atom is -0.440 e. The monoisotopic (exact) mass is 300 g/mol. The molecule has 0 aromatic carbocycles. The summed E-state index contributed by atoms with van der Waals surface area (Å²) < 4.78 is 31.5. The molecule has 1 unspecified atom stereocenters. The van der Waals surface area contributed by atoms with Crippen LogP contribution in [0.1, 0.15) is 36.7 Å². The van der Waals surface area contributed by atoms with Crippen LogP contribution in [0.3, 0.4) is 0 Å². The van der Waals surface area contributed by atoms with E-state index in [0.29, 0.717) is 12.8 Å². The molecule has 7 heteroatoms. The molecule has 1 aliphatic rings. The Bertz CT molecular complexity index is 546. The van der Waals surface area contributed by atoms with Crippen molar-refractivity contribution in [2.45, 2.75) is 37.3 Å². The lowest BCUT2D eigenvalue weighted by atomic mass is 10.1. The molecule has 112 valence electrons. The van der Waals surface area contributed by atoms with Crippen LogP contribution in [0.4, 0.5) is 0 Å². The molecule has 1 fully saturated rings. The molecule has 1 aromatic heterocycles. The molecule has 20 heavy (non-hydrogen) atoms. The second-order valence-corrected chi connectivity index (χ2v) is 6.77. The van der Waals surface area contributed by atoms with Gasteiger partial charge in [0.25, 0.3) is 10.0 Å². The molecule has 1 aliphatic heterocycles. The fraction of sp³-hybridized carbons (Fsp3) is 0.615. The maximum Gasteiger partial charge on any atom is 0.274 e. The number of sulfonamides is 1. The van der Waals surface area contributed by atoms with Gasteiger partial charge in [0.05, 0.1) is 0 Å². The summed E-state index contributed by atoms with van der Waals surface area (Å²) in [7, 11) is -3.69. The summed E-state index contributed by atoms with van der Waals surface area (Å²) in [5.41, 5.74) is 0. The van der Waals surface area contributed by atoms with Gasteiger partial charge >= 0.3 is 0 Å². The first kappa shape index (κ1) is 15.2. The number of hydrogen-bond acceptors (Lipinski definition) is 5. The van der Waals surface area contributed by atoms with Gasteiger partial charge in [-0.2, -0.15) is 0 Å². The molecule has 6 nitrogen and oxygen atoms in total. The van der Waals surface area contributed by atoms with Gasteiger partial charge in [-0.25, -0.2) is 13.1 Å². The van der Waals surface area contributed by atoms with E-state index >= 15 is 0 Å². The number of nitrogens with zero attached hydrogens (tertiary/aromatic N) is 1. The fourth-order valence-electron chi connectivity index (χ4n) is 2.33. The molecule has 2 heterocycles. The van der Waals surface area contributed by atoms with Gasteiger partial charge < -0.3 is 4.42 Å². The molecule has 0 saturated carbocycles. The highest BCUT2D eigenvalue weighted by Crippen LogP contribution is 2.14. The van der Waals surface area contributed by atoms with E-state index in [1.54, 1.807) is 0 Å². The highest BCUT2D eigenvalue weighted by atomic mass is 32.2. The van der Waals surface area contributed by atoms with Crippen molar-refractivity contribution in [2.24, 2.45) is 0 Å². The number of carbonyl (C=O) groups is 1. The Morgan fingerprint density at radius 1 is 1.35 bits per heavy atom. The summed E-state index contributed by atoms with van der Waals surface area (Å²) in [6, 6.07) is 2.78. The van der Waals surface area contributed by atoms with E-state index in [1.807, 2.05) is 6.92 Å². The lowest BCUT2D eigenvalue weighted by molar-refractivity contribution is 0.109. The van der Waals surface area contributed by atoms with Crippen LogP contribution in [0.2, 0.25) is 0 Å². The SMILES string of the molecule is CC(CNS(=O)(=O)c1ccc(C=O)o1)N1CCCCC1. The second-order valence-electron chi connectivity index (χ2n) is 5.07. The van der Waals surface area contributed by atoms with Crippen molar-refractivity contribution >= 4 is 16.3 Å². The third-order valence-corrected chi connectivity index (χ3v) is 4.86. The molecule has 0 aliphatic carbocycles. The van der Waals surface area contributed by atoms with Crippen LogP contribution >= 0.6 is 0 Å². The summed E-state index contributed by atoms with van der Waals surface area (Å²) in [6.07, 6.45) is 4.06. The van der Waals surface area contributed by atoms with Gasteiger partial charge in [0.2, 0.25) is 5.09 Å². The third kappa shape index (κ3) is 3.68. The van der Waals surface area contributed by atoms with E-state index in [9.17, 15) is 13.2 Å². The summed E-state index contributed by atoms with van der Waals surface area (Å²) in [4.78, 5) is 12.8. The maximum atomic E-state index is 12.0. The summed E-state index contributed by atoms with van der Waals surface area (Å²) in [6.45, 7) is 4.37. The van der Waals surface area contributed by atoms with Crippen molar-refractivity contribution in [3.05, 3.63) is 17.9 Å². The quantitative estimate of drug-likeness (QED) is 0.800. The molecule has 1 N–H and O–H groups in total. The zero-order valence-electron chi connectivity index (χ0n) is 11.5. The van der Waals surface area contributed by atoms with Crippen molar-refractivity contribution in [2.75, 3.05) is 19.6 Å². The average molecular weight is 300 g/mol. The Labute approximate surface area is 119 Å². The average Bonchev–Trinajstić information content (AvgIpc) is 2.95. The topological polar surface area (TPSA) is 79.6 Å². The van der Waals surface area contributed by atoms with E-state index in [-0.39, 0.29) is 16.9 Å². The van der Waals surface area contributed by atoms with Crippen LogP contribution in [-0.2, 0) is 10.0 Å². The van der Waals surface area contributed by atoms with E-state index in [2.05, 4.69) is 9.62 Å². The fourth-order valence-corrected chi connectivity index (χ4v) is 3.39. The normalized spacial score (nSPS) is 18.9. The minimum atomic E-state index is -3.69. The van der Waals surface area contributed by atoms with E-state index in [4.69, 9.17) is 4.42 Å². The number of nitrogens with one attached hydrogen (secondary N) is 1. The smallest absolute Gasteiger partial charge is 0.274 e. The number of carbonyl (C=O) groups excluding carboxylic acids is 1. The first-order chi connectivity index (χ1) is 9.53. The standard InChI is InChI=1S/C13H20N2O4S/c1-11(15-7-3-2-4-8-15)9-14-20(17,18)13-6-5-12(10-16)19-13/h5-6,10-11,14H,2-4,7-9H2,1H3. The lowest BCUT2D eigenvalue weighted by Gasteiger charge is -2.32. The predicted molar refractivity (Wildman–Crippen MR) is 74.2 cm³/mol. The van der Waals surface area contributed by atoms with E-state index < -0.39 is 10.0 Å². The molecule has 0 spiro atoms. The van der Waals surface area contributed by atoms with Crippen LogP contribution in [0.25, 0.3) is 0 Å². The molecule has 1 saturated heterocycles. The Morgan fingerprint density at radius 3 is 2.65 bits per heavy atom. The highest BCUT2D eigenvalue weighted by Gasteiger charge is 2.22. The Kier molecular flexibility index (Phi) is 4.95. The summed E-state index contributed by atoms with van der Waals surface area (Å²) in [5.74, 6) is 0.00875. The van der Waals surface area contributed by atoms with Crippen molar-refractivity contribution in [3.63, 3.8) is 0 Å². The number of rotatable bonds is 6. The van der Waals surface area contributed by atoms with Gasteiger partial charge in [-0.15, -0.1) is 0 Å². The second kappa shape index (κ2) is 6.51. The van der Waals surface area contributed by atoms with E-state index in [1.165, 1.54) is 18.6 Å². The van der Waals surface area contributed by atoms with Gasteiger partial charge in [0.15, 0.2) is 12.0 Å². The lowest BCUT2D eigenvalue weighted by Crippen LogP contribution is -2.44. The van der Waals surface area contributed by atoms with Crippen molar-refractivity contribution < 1.29 is 17.6 Å². The van der Waals surface area contributed by atoms with Crippen molar-refractivity contribution in [1.29, 1.82) is 0 Å². The molecule has 0 amide bonds. The van der Waals surface area contributed by atoms with Gasteiger partial charge in [0, 0.05) is 12.6 Å². The third-order valence-electron chi connectivity index (χ3n) is 3.57. The molecule has 1 atom stereocenters. The first-order valence-corrected chi connectivity index (χ1v) is 8.30. The van der Waals surface area contributed by atoms with Gasteiger partial charge in [-0.1, -0.05) is 6.42 Å².